The molecule has 0 aromatic carbocycles. The molecule has 1 saturated heterocycles. The van der Waals surface area contributed by atoms with Gasteiger partial charge in [0.15, 0.2) is 0 Å². The Balaban J connectivity index is 2.30. The Kier molecular flexibility index (Phi) is 3.92. The van der Waals surface area contributed by atoms with Crippen molar-refractivity contribution in [2.75, 3.05) is 26.0 Å². The lowest BCUT2D eigenvalue weighted by Crippen LogP contribution is -2.29. The van der Waals surface area contributed by atoms with Gasteiger partial charge in [-0.1, -0.05) is 0 Å². The minimum absolute atomic E-state index is 0.335. The van der Waals surface area contributed by atoms with E-state index >= 15 is 0 Å². The van der Waals surface area contributed by atoms with Gasteiger partial charge in [0.05, 0.1) is 12.9 Å². The van der Waals surface area contributed by atoms with Gasteiger partial charge in [-0.3, -0.25) is 4.18 Å². The molecule has 0 N–H and O–H groups in total. The van der Waals surface area contributed by atoms with E-state index in [9.17, 15) is 8.42 Å². The minimum atomic E-state index is -3.27. The summed E-state index contributed by atoms with van der Waals surface area (Å²) in [6.07, 6.45) is 2.13. The van der Waals surface area contributed by atoms with Gasteiger partial charge in [-0.05, 0) is 32.7 Å². The van der Waals surface area contributed by atoms with Gasteiger partial charge < -0.3 is 4.90 Å². The van der Waals surface area contributed by atoms with Crippen LogP contribution in [-0.4, -0.2) is 45.3 Å². The van der Waals surface area contributed by atoms with Gasteiger partial charge >= 0.3 is 0 Å². The van der Waals surface area contributed by atoms with Crippen molar-refractivity contribution in [3.8, 4) is 0 Å². The first kappa shape index (κ1) is 11.9. The Morgan fingerprint density at radius 3 is 2.57 bits per heavy atom. The molecule has 0 unspecified atom stereocenters. The van der Waals surface area contributed by atoms with Crippen LogP contribution in [0.5, 0.6) is 0 Å². The van der Waals surface area contributed by atoms with Crippen molar-refractivity contribution < 1.29 is 12.6 Å². The van der Waals surface area contributed by atoms with Gasteiger partial charge in [-0.2, -0.15) is 8.42 Å². The second-order valence-electron chi connectivity index (χ2n) is 4.23. The van der Waals surface area contributed by atoms with E-state index in [1.807, 2.05) is 0 Å². The van der Waals surface area contributed by atoms with Gasteiger partial charge in [0.1, 0.15) is 0 Å². The Bertz CT molecular complexity index is 274. The maximum Gasteiger partial charge on any atom is 0.264 e. The van der Waals surface area contributed by atoms with Gasteiger partial charge in [-0.25, -0.2) is 0 Å². The molecular weight excluding hydrogens is 202 g/mol. The number of likely N-dealkylation sites (tertiary alicyclic amines) is 1. The number of rotatable bonds is 4. The molecule has 1 heterocycles. The maximum atomic E-state index is 10.8. The van der Waals surface area contributed by atoms with Crippen molar-refractivity contribution in [3.05, 3.63) is 0 Å². The zero-order valence-electron chi connectivity index (χ0n) is 9.06. The van der Waals surface area contributed by atoms with E-state index in [1.54, 1.807) is 0 Å². The molecule has 1 aliphatic heterocycles. The number of hydrogen-bond acceptors (Lipinski definition) is 4. The Labute approximate surface area is 86.4 Å². The summed E-state index contributed by atoms with van der Waals surface area (Å²) in [6.45, 7) is 6.64. The number of nitrogens with zero attached hydrogens (tertiary/aromatic N) is 1. The van der Waals surface area contributed by atoms with E-state index in [2.05, 4.69) is 18.7 Å². The molecule has 0 spiro atoms. The Morgan fingerprint density at radius 2 is 2.14 bits per heavy atom. The number of hydrogen-bond donors (Lipinski definition) is 0. The summed E-state index contributed by atoms with van der Waals surface area (Å²) in [7, 11) is -3.27. The second-order valence-corrected chi connectivity index (χ2v) is 5.88. The lowest BCUT2D eigenvalue weighted by molar-refractivity contribution is 0.228. The SMILES string of the molecule is CC(C)N1CC[C@H](COS(C)(=O)=O)C1. The zero-order chi connectivity index (χ0) is 10.8. The summed E-state index contributed by atoms with van der Waals surface area (Å²) in [6, 6.07) is 0.540. The second kappa shape index (κ2) is 4.59. The third kappa shape index (κ3) is 3.94. The Hall–Kier alpha value is -0.130. The van der Waals surface area contributed by atoms with E-state index in [4.69, 9.17) is 4.18 Å². The highest BCUT2D eigenvalue weighted by atomic mass is 32.2. The normalized spacial score (nSPS) is 24.7. The molecule has 0 saturated carbocycles. The van der Waals surface area contributed by atoms with Gasteiger partial charge in [0.2, 0.25) is 0 Å². The van der Waals surface area contributed by atoms with Crippen molar-refractivity contribution in [3.63, 3.8) is 0 Å². The molecule has 84 valence electrons. The van der Waals surface area contributed by atoms with E-state index in [-0.39, 0.29) is 0 Å². The summed E-state index contributed by atoms with van der Waals surface area (Å²) in [5.41, 5.74) is 0. The van der Waals surface area contributed by atoms with Crippen LogP contribution in [0.25, 0.3) is 0 Å². The molecule has 0 aromatic rings. The average molecular weight is 221 g/mol. The molecule has 1 rings (SSSR count). The van der Waals surface area contributed by atoms with Crippen molar-refractivity contribution >= 4 is 10.1 Å². The lowest BCUT2D eigenvalue weighted by Gasteiger charge is -2.19. The third-order valence-electron chi connectivity index (χ3n) is 2.57. The highest BCUT2D eigenvalue weighted by Crippen LogP contribution is 2.18. The summed E-state index contributed by atoms with van der Waals surface area (Å²) in [5.74, 6) is 0.368. The van der Waals surface area contributed by atoms with Crippen LogP contribution in [-0.2, 0) is 14.3 Å². The molecule has 1 fully saturated rings. The van der Waals surface area contributed by atoms with E-state index in [0.29, 0.717) is 18.6 Å². The van der Waals surface area contributed by atoms with Crippen molar-refractivity contribution in [1.29, 1.82) is 0 Å². The summed E-state index contributed by atoms with van der Waals surface area (Å²) >= 11 is 0. The van der Waals surface area contributed by atoms with Crippen LogP contribution < -0.4 is 0 Å². The average Bonchev–Trinajstić information content (AvgIpc) is 2.47. The summed E-state index contributed by atoms with van der Waals surface area (Å²) in [5, 5.41) is 0. The van der Waals surface area contributed by atoms with Crippen LogP contribution in [0.2, 0.25) is 0 Å². The topological polar surface area (TPSA) is 46.6 Å². The molecule has 0 bridgehead atoms. The van der Waals surface area contributed by atoms with Gasteiger partial charge in [0.25, 0.3) is 10.1 Å². The highest BCUT2D eigenvalue weighted by Gasteiger charge is 2.25. The highest BCUT2D eigenvalue weighted by molar-refractivity contribution is 7.85. The molecule has 5 heteroatoms. The molecule has 0 radical (unpaired) electrons. The monoisotopic (exact) mass is 221 g/mol. The van der Waals surface area contributed by atoms with Crippen molar-refractivity contribution in [2.45, 2.75) is 26.3 Å². The fourth-order valence-electron chi connectivity index (χ4n) is 1.69. The van der Waals surface area contributed by atoms with Crippen LogP contribution in [0.4, 0.5) is 0 Å². The predicted molar refractivity (Wildman–Crippen MR) is 55.6 cm³/mol. The molecule has 0 amide bonds. The smallest absolute Gasteiger partial charge is 0.264 e. The first-order valence-electron chi connectivity index (χ1n) is 4.97. The minimum Gasteiger partial charge on any atom is -0.301 e. The van der Waals surface area contributed by atoms with E-state index in [1.165, 1.54) is 0 Å². The molecular formula is C9H19NO3S. The summed E-state index contributed by atoms with van der Waals surface area (Å²) in [4.78, 5) is 2.34. The van der Waals surface area contributed by atoms with Crippen LogP contribution >= 0.6 is 0 Å². The van der Waals surface area contributed by atoms with Gasteiger partial charge in [-0.15, -0.1) is 0 Å². The molecule has 1 aliphatic rings. The molecule has 1 atom stereocenters. The molecule has 4 nitrogen and oxygen atoms in total. The molecule has 14 heavy (non-hydrogen) atoms. The van der Waals surface area contributed by atoms with Crippen LogP contribution in [0.15, 0.2) is 0 Å². The first-order chi connectivity index (χ1) is 6.38. The van der Waals surface area contributed by atoms with E-state index in [0.717, 1.165) is 25.8 Å². The van der Waals surface area contributed by atoms with Crippen molar-refractivity contribution in [1.82, 2.24) is 4.90 Å². The third-order valence-corrected chi connectivity index (χ3v) is 3.13. The standard InChI is InChI=1S/C9H19NO3S/c1-8(2)10-5-4-9(6-10)7-13-14(3,11)12/h8-9H,4-7H2,1-3H3/t9-/m0/s1. The quantitative estimate of drug-likeness (QED) is 0.655. The molecule has 0 aliphatic carbocycles. The predicted octanol–water partition coefficient (Wildman–Crippen LogP) is 0.693. The zero-order valence-corrected chi connectivity index (χ0v) is 9.88. The lowest BCUT2D eigenvalue weighted by atomic mass is 10.1. The van der Waals surface area contributed by atoms with Crippen LogP contribution in [0, 0.1) is 5.92 Å². The van der Waals surface area contributed by atoms with E-state index < -0.39 is 10.1 Å². The van der Waals surface area contributed by atoms with Crippen molar-refractivity contribution in [2.24, 2.45) is 5.92 Å². The van der Waals surface area contributed by atoms with Crippen LogP contribution in [0.3, 0.4) is 0 Å². The Morgan fingerprint density at radius 1 is 1.50 bits per heavy atom. The molecule has 0 aromatic heterocycles. The summed E-state index contributed by atoms with van der Waals surface area (Å²) < 4.78 is 26.3. The maximum absolute atomic E-state index is 10.8. The van der Waals surface area contributed by atoms with Crippen LogP contribution in [0.1, 0.15) is 20.3 Å². The largest absolute Gasteiger partial charge is 0.301 e. The van der Waals surface area contributed by atoms with Gasteiger partial charge in [0, 0.05) is 12.6 Å². The fourth-order valence-corrected chi connectivity index (χ4v) is 2.13. The first-order valence-corrected chi connectivity index (χ1v) is 6.78. The fraction of sp³-hybridized carbons (Fsp3) is 1.00.